The van der Waals surface area contributed by atoms with Crippen molar-refractivity contribution < 1.29 is 38.4 Å². The SMILES string of the molecule is CC[C@H](C)[C@H](NC(=O)[C@H](C)NC)C(=O)N1C[C@@H](CC(=O)/C=C/C(=O)N[C@H]2C[C@@H](C(=O)N[C@H](C)c3ccccc3)N(C(=O)[C@@H](NC(=O)[C@H](C)NC)[C@@H](C)CC)C2)C[C@H]1C(=O)N[C@H](C)c1ccccc1.Cl.Cl. The molecule has 0 spiro atoms. The van der Waals surface area contributed by atoms with Crippen LogP contribution in [0, 0.1) is 17.8 Å². The maximum absolute atomic E-state index is 14.4. The average molecular weight is 1020 g/mol. The molecule has 2 aliphatic heterocycles. The highest BCUT2D eigenvalue weighted by Gasteiger charge is 2.45. The molecular weight excluding hydrogens is 938 g/mol. The third-order valence-corrected chi connectivity index (χ3v) is 13.6. The Morgan fingerprint density at radius 1 is 0.586 bits per heavy atom. The number of nitrogens with one attached hydrogen (secondary N) is 7. The van der Waals surface area contributed by atoms with Crippen LogP contribution < -0.4 is 37.2 Å². The summed E-state index contributed by atoms with van der Waals surface area (Å²) >= 11 is 0. The molecule has 7 amide bonds. The summed E-state index contributed by atoms with van der Waals surface area (Å²) in [4.78, 5) is 113. The minimum atomic E-state index is -0.969. The quantitative estimate of drug-likeness (QED) is 0.0800. The molecule has 19 heteroatoms. The van der Waals surface area contributed by atoms with Crippen LogP contribution in [-0.2, 0) is 38.4 Å². The van der Waals surface area contributed by atoms with Gasteiger partial charge in [-0.1, -0.05) is 101 Å². The highest BCUT2D eigenvalue weighted by atomic mass is 35.5. The molecule has 2 aromatic carbocycles. The van der Waals surface area contributed by atoms with Crippen molar-refractivity contribution in [3.8, 4) is 0 Å². The van der Waals surface area contributed by atoms with Gasteiger partial charge in [-0.2, -0.15) is 0 Å². The van der Waals surface area contributed by atoms with E-state index in [0.717, 1.165) is 23.3 Å². The number of ketones is 1. The van der Waals surface area contributed by atoms with Gasteiger partial charge in [-0.15, -0.1) is 24.8 Å². The minimum absolute atomic E-state index is 0. The Balaban J connectivity index is 0.00000840. The van der Waals surface area contributed by atoms with E-state index in [0.29, 0.717) is 12.8 Å². The summed E-state index contributed by atoms with van der Waals surface area (Å²) < 4.78 is 0. The van der Waals surface area contributed by atoms with Crippen molar-refractivity contribution >= 4 is 71.9 Å². The molecule has 2 aromatic rings. The number of halogens is 2. The summed E-state index contributed by atoms with van der Waals surface area (Å²) in [5, 5.41) is 20.5. The van der Waals surface area contributed by atoms with Crippen molar-refractivity contribution in [3.63, 3.8) is 0 Å². The normalized spacial score (nSPS) is 21.0. The van der Waals surface area contributed by atoms with Crippen molar-refractivity contribution in [2.24, 2.45) is 17.8 Å². The molecule has 388 valence electrons. The van der Waals surface area contributed by atoms with Gasteiger partial charge in [-0.25, -0.2) is 0 Å². The number of benzene rings is 2. The number of carbonyl (C=O) groups excluding carboxylic acids is 8. The molecule has 0 aromatic heterocycles. The molecule has 0 aliphatic carbocycles. The summed E-state index contributed by atoms with van der Waals surface area (Å²) in [6, 6.07) is 12.5. The predicted octanol–water partition coefficient (Wildman–Crippen LogP) is 3.68. The number of allylic oxidation sites excluding steroid dienone is 1. The van der Waals surface area contributed by atoms with Gasteiger partial charge in [0.25, 0.3) is 0 Å². The molecule has 2 heterocycles. The summed E-state index contributed by atoms with van der Waals surface area (Å²) in [5.74, 6) is -4.34. The molecular formula is C51H77Cl2N9O8. The summed E-state index contributed by atoms with van der Waals surface area (Å²) in [6.45, 7) is 14.7. The maximum Gasteiger partial charge on any atom is 0.246 e. The molecule has 2 aliphatic rings. The second-order valence-electron chi connectivity index (χ2n) is 18.6. The Morgan fingerprint density at radius 3 is 1.41 bits per heavy atom. The van der Waals surface area contributed by atoms with E-state index in [4.69, 9.17) is 0 Å². The fraction of sp³-hybridized carbons (Fsp3) is 0.569. The van der Waals surface area contributed by atoms with Crippen LogP contribution in [0.15, 0.2) is 72.8 Å². The molecule has 70 heavy (non-hydrogen) atoms. The van der Waals surface area contributed by atoms with E-state index in [1.165, 1.54) is 9.80 Å². The first-order valence-electron chi connectivity index (χ1n) is 24.1. The second-order valence-corrected chi connectivity index (χ2v) is 18.6. The van der Waals surface area contributed by atoms with Crippen LogP contribution in [0.4, 0.5) is 0 Å². The van der Waals surface area contributed by atoms with E-state index >= 15 is 0 Å². The first-order chi connectivity index (χ1) is 32.3. The Labute approximate surface area is 426 Å². The number of rotatable bonds is 23. The van der Waals surface area contributed by atoms with E-state index in [1.807, 2.05) is 102 Å². The molecule has 4 rings (SSSR count). The lowest BCUT2D eigenvalue weighted by molar-refractivity contribution is -0.143. The van der Waals surface area contributed by atoms with Crippen molar-refractivity contribution in [3.05, 3.63) is 83.9 Å². The van der Waals surface area contributed by atoms with E-state index in [-0.39, 0.29) is 98.8 Å². The number of likely N-dealkylation sites (tertiary alicyclic amines) is 2. The third-order valence-electron chi connectivity index (χ3n) is 13.6. The molecule has 7 N–H and O–H groups in total. The molecule has 0 unspecified atom stereocenters. The van der Waals surface area contributed by atoms with Gasteiger partial charge >= 0.3 is 0 Å². The van der Waals surface area contributed by atoms with Crippen LogP contribution in [-0.4, -0.2) is 126 Å². The van der Waals surface area contributed by atoms with Gasteiger partial charge < -0.3 is 47.0 Å². The fourth-order valence-electron chi connectivity index (χ4n) is 8.58. The van der Waals surface area contributed by atoms with Gasteiger partial charge in [0, 0.05) is 31.6 Å². The highest BCUT2D eigenvalue weighted by molar-refractivity contribution is 5.99. The number of hydrogen-bond donors (Lipinski definition) is 7. The predicted molar refractivity (Wildman–Crippen MR) is 275 cm³/mol. The average Bonchev–Trinajstić information content (AvgIpc) is 3.97. The Hall–Kier alpha value is -5.36. The third kappa shape index (κ3) is 16.6. The van der Waals surface area contributed by atoms with Crippen molar-refractivity contribution in [1.29, 1.82) is 0 Å². The minimum Gasteiger partial charge on any atom is -0.348 e. The highest BCUT2D eigenvalue weighted by Crippen LogP contribution is 2.30. The van der Waals surface area contributed by atoms with E-state index in [1.54, 1.807) is 27.9 Å². The lowest BCUT2D eigenvalue weighted by Crippen LogP contribution is -2.57. The summed E-state index contributed by atoms with van der Waals surface area (Å²) in [5.41, 5.74) is 1.75. The van der Waals surface area contributed by atoms with E-state index < -0.39 is 77.6 Å². The van der Waals surface area contributed by atoms with Crippen molar-refractivity contribution in [2.75, 3.05) is 27.2 Å². The van der Waals surface area contributed by atoms with Crippen LogP contribution in [0.2, 0.25) is 0 Å². The van der Waals surface area contributed by atoms with Gasteiger partial charge in [0.05, 0.1) is 24.2 Å². The molecule has 0 radical (unpaired) electrons. The molecule has 0 bridgehead atoms. The Morgan fingerprint density at radius 2 is 1.00 bits per heavy atom. The topological polar surface area (TPSA) is 227 Å². The van der Waals surface area contributed by atoms with E-state index in [9.17, 15) is 38.4 Å². The maximum atomic E-state index is 14.4. The molecule has 17 nitrogen and oxygen atoms in total. The summed E-state index contributed by atoms with van der Waals surface area (Å²) in [7, 11) is 3.29. The van der Waals surface area contributed by atoms with E-state index in [2.05, 4.69) is 37.2 Å². The monoisotopic (exact) mass is 1010 g/mol. The van der Waals surface area contributed by atoms with Crippen LogP contribution in [0.1, 0.15) is 111 Å². The van der Waals surface area contributed by atoms with Crippen LogP contribution >= 0.6 is 24.8 Å². The standard InChI is InChI=1S/C51H75N9O8.2ClH/c1-11-30(3)44(57-46(63)34(7)52-9)50(67)59-28-36(26-41(59)48(65)54-32(5)37-19-15-13-16-20-37)25-40(61)23-24-43(62)56-39-27-42(49(66)55-33(6)38-21-17-14-18-22-38)60(29-39)51(68)45(31(4)12-2)58-47(64)35(8)53-10;;/h13-24,30-36,39,41-42,44-45,52-53H,11-12,25-29H2,1-10H3,(H,54,65)(H,55,66)(H,56,62)(H,57,63)(H,58,64);2*1H/b24-23+;;/t30-,31-,32+,33+,34-,35-,36-,39-,41-,42-,44-,45-;;/m0../s1. The first kappa shape index (κ1) is 60.8. The number of amides is 7. The van der Waals surface area contributed by atoms with Crippen LogP contribution in [0.5, 0.6) is 0 Å². The van der Waals surface area contributed by atoms with Crippen molar-refractivity contribution in [1.82, 2.24) is 47.0 Å². The van der Waals surface area contributed by atoms with Gasteiger partial charge in [-0.3, -0.25) is 38.4 Å². The molecule has 2 fully saturated rings. The fourth-order valence-corrected chi connectivity index (χ4v) is 8.58. The molecule has 12 atom stereocenters. The van der Waals surface area contributed by atoms with Gasteiger partial charge in [0.1, 0.15) is 24.2 Å². The van der Waals surface area contributed by atoms with Crippen LogP contribution in [0.25, 0.3) is 0 Å². The Bertz CT molecular complexity index is 1950. The lowest BCUT2D eigenvalue weighted by Gasteiger charge is -2.32. The number of likely N-dealkylation sites (N-methyl/N-ethyl adjacent to an activating group) is 2. The smallest absolute Gasteiger partial charge is 0.246 e. The second kappa shape index (κ2) is 29.1. The number of nitrogens with zero attached hydrogens (tertiary/aromatic N) is 2. The zero-order valence-electron chi connectivity index (χ0n) is 42.3. The zero-order valence-corrected chi connectivity index (χ0v) is 43.9. The Kier molecular flexibility index (Phi) is 25.3. The van der Waals surface area contributed by atoms with Crippen LogP contribution in [0.3, 0.4) is 0 Å². The van der Waals surface area contributed by atoms with Gasteiger partial charge in [0.2, 0.25) is 41.4 Å². The zero-order chi connectivity index (χ0) is 50.2. The number of hydrogen-bond acceptors (Lipinski definition) is 10. The largest absolute Gasteiger partial charge is 0.348 e. The lowest BCUT2D eigenvalue weighted by atomic mass is 9.97. The van der Waals surface area contributed by atoms with Gasteiger partial charge in [0.15, 0.2) is 5.78 Å². The molecule has 2 saturated heterocycles. The van der Waals surface area contributed by atoms with Crippen molar-refractivity contribution in [2.45, 2.75) is 142 Å². The summed E-state index contributed by atoms with van der Waals surface area (Å²) in [6.07, 6.45) is 3.64. The number of carbonyl (C=O) groups is 8. The van der Waals surface area contributed by atoms with Gasteiger partial charge in [-0.05, 0) is 89.6 Å². The first-order valence-corrected chi connectivity index (χ1v) is 24.1. The molecule has 0 saturated carbocycles.